The Morgan fingerprint density at radius 2 is 0.694 bits per heavy atom. The van der Waals surface area contributed by atoms with Crippen LogP contribution in [-0.4, -0.2) is 32.4 Å². The van der Waals surface area contributed by atoms with E-state index in [9.17, 15) is 19.8 Å². The molecule has 206 valence electrons. The second-order valence-electron chi connectivity index (χ2n) is 10.2. The van der Waals surface area contributed by atoms with Gasteiger partial charge in [0, 0.05) is 24.0 Å². The van der Waals surface area contributed by atoms with Gasteiger partial charge in [0.1, 0.15) is 11.5 Å². The van der Waals surface area contributed by atoms with Crippen LogP contribution in [-0.2, 0) is 22.4 Å². The molecular formula is C30H50O6. The number of phenolic OH excluding ortho intramolecular Hbond substituents is 2. The van der Waals surface area contributed by atoms with Crippen LogP contribution < -0.4 is 0 Å². The molecule has 6 nitrogen and oxygen atoms in total. The van der Waals surface area contributed by atoms with Crippen LogP contribution in [0.1, 0.15) is 140 Å². The molecule has 1 aromatic carbocycles. The maximum absolute atomic E-state index is 10.5. The Kier molecular flexibility index (Phi) is 18.5. The Bertz CT molecular complexity index is 669. The highest BCUT2D eigenvalue weighted by Gasteiger charge is 2.12. The maximum Gasteiger partial charge on any atom is 0.303 e. The molecule has 0 aliphatic heterocycles. The minimum absolute atomic E-state index is 0.280. The van der Waals surface area contributed by atoms with E-state index in [-0.39, 0.29) is 12.8 Å². The first kappa shape index (κ1) is 31.8. The third-order valence-electron chi connectivity index (χ3n) is 7.02. The van der Waals surface area contributed by atoms with E-state index in [2.05, 4.69) is 0 Å². The average Bonchev–Trinajstić information content (AvgIpc) is 2.83. The maximum atomic E-state index is 10.5. The van der Waals surface area contributed by atoms with Gasteiger partial charge in [0.2, 0.25) is 0 Å². The molecule has 0 aliphatic carbocycles. The van der Waals surface area contributed by atoms with Crippen molar-refractivity contribution in [1.29, 1.82) is 0 Å². The number of benzene rings is 1. The molecule has 0 aromatic heterocycles. The largest absolute Gasteiger partial charge is 0.508 e. The number of unbranched alkanes of at least 4 members (excludes halogenated alkanes) is 16. The molecule has 0 unspecified atom stereocenters. The number of carboxylic acids is 2. The molecule has 0 fully saturated rings. The normalized spacial score (nSPS) is 11.1. The summed E-state index contributed by atoms with van der Waals surface area (Å²) in [7, 11) is 0. The van der Waals surface area contributed by atoms with Gasteiger partial charge in [-0.3, -0.25) is 9.59 Å². The molecule has 0 saturated heterocycles. The van der Waals surface area contributed by atoms with Gasteiger partial charge >= 0.3 is 11.9 Å². The van der Waals surface area contributed by atoms with Crippen LogP contribution in [0.3, 0.4) is 0 Å². The lowest BCUT2D eigenvalue weighted by Gasteiger charge is -2.14. The summed E-state index contributed by atoms with van der Waals surface area (Å²) in [5, 5.41) is 38.1. The first-order valence-electron chi connectivity index (χ1n) is 14.4. The van der Waals surface area contributed by atoms with Gasteiger partial charge in [-0.2, -0.15) is 0 Å². The van der Waals surface area contributed by atoms with Crippen LogP contribution in [0.4, 0.5) is 0 Å². The van der Waals surface area contributed by atoms with E-state index < -0.39 is 11.9 Å². The number of rotatable bonds is 24. The number of hydrogen-bond donors (Lipinski definition) is 4. The van der Waals surface area contributed by atoms with Gasteiger partial charge in [-0.05, 0) is 50.7 Å². The molecule has 4 N–H and O–H groups in total. The fraction of sp³-hybridized carbons (Fsp3) is 0.733. The molecule has 0 saturated carbocycles. The van der Waals surface area contributed by atoms with Crippen molar-refractivity contribution < 1.29 is 30.0 Å². The molecule has 1 rings (SSSR count). The third-order valence-corrected chi connectivity index (χ3v) is 7.02. The molecular weight excluding hydrogens is 456 g/mol. The van der Waals surface area contributed by atoms with Gasteiger partial charge in [-0.1, -0.05) is 89.9 Å². The molecule has 0 radical (unpaired) electrons. The Morgan fingerprint density at radius 3 is 0.972 bits per heavy atom. The van der Waals surface area contributed by atoms with Crippen molar-refractivity contribution in [3.8, 4) is 11.5 Å². The number of phenols is 2. The van der Waals surface area contributed by atoms with Crippen molar-refractivity contribution >= 4 is 11.9 Å². The van der Waals surface area contributed by atoms with Gasteiger partial charge in [-0.25, -0.2) is 0 Å². The van der Waals surface area contributed by atoms with Crippen molar-refractivity contribution in [2.45, 2.75) is 141 Å². The average molecular weight is 507 g/mol. The van der Waals surface area contributed by atoms with E-state index in [0.717, 1.165) is 88.2 Å². The standard InChI is InChI=1S/C30H50O6/c31-27-23-24-28(32)26(20-16-12-8-4-2-6-10-14-18-22-30(35)36)25(27)19-15-11-7-3-1-5-9-13-17-21-29(33)34/h23-24,31-32H,1-22H2,(H,33,34)(H,35,36). The van der Waals surface area contributed by atoms with Crippen molar-refractivity contribution in [3.63, 3.8) is 0 Å². The topological polar surface area (TPSA) is 115 Å². The van der Waals surface area contributed by atoms with Gasteiger partial charge in [0.05, 0.1) is 0 Å². The van der Waals surface area contributed by atoms with Crippen LogP contribution in [0.25, 0.3) is 0 Å². The highest BCUT2D eigenvalue weighted by Crippen LogP contribution is 2.32. The third kappa shape index (κ3) is 16.4. The lowest BCUT2D eigenvalue weighted by molar-refractivity contribution is -0.138. The fourth-order valence-electron chi connectivity index (χ4n) is 4.86. The molecule has 0 aliphatic rings. The Hall–Kier alpha value is -2.24. The first-order valence-corrected chi connectivity index (χ1v) is 14.4. The number of carbonyl (C=O) groups is 2. The minimum atomic E-state index is -0.703. The molecule has 1 aromatic rings. The lowest BCUT2D eigenvalue weighted by atomic mass is 9.94. The summed E-state index contributed by atoms with van der Waals surface area (Å²) in [6.45, 7) is 0. The number of hydrogen-bond acceptors (Lipinski definition) is 4. The Morgan fingerprint density at radius 1 is 0.444 bits per heavy atom. The first-order chi connectivity index (χ1) is 17.4. The SMILES string of the molecule is O=C(O)CCCCCCCCCCCc1c(O)ccc(O)c1CCCCCCCCCCCC(=O)O. The van der Waals surface area contributed by atoms with Crippen LogP contribution in [0.5, 0.6) is 11.5 Å². The zero-order valence-corrected chi connectivity index (χ0v) is 22.3. The fourth-order valence-corrected chi connectivity index (χ4v) is 4.86. The smallest absolute Gasteiger partial charge is 0.303 e. The van der Waals surface area contributed by atoms with Crippen molar-refractivity contribution in [2.75, 3.05) is 0 Å². The van der Waals surface area contributed by atoms with E-state index in [1.54, 1.807) is 12.1 Å². The van der Waals surface area contributed by atoms with Crippen LogP contribution in [0.2, 0.25) is 0 Å². The van der Waals surface area contributed by atoms with Crippen molar-refractivity contribution in [3.05, 3.63) is 23.3 Å². The van der Waals surface area contributed by atoms with Gasteiger partial charge in [0.15, 0.2) is 0 Å². The van der Waals surface area contributed by atoms with Crippen molar-refractivity contribution in [2.24, 2.45) is 0 Å². The summed E-state index contributed by atoms with van der Waals surface area (Å²) in [5.74, 6) is -0.810. The van der Waals surface area contributed by atoms with Crippen LogP contribution in [0.15, 0.2) is 12.1 Å². The highest BCUT2D eigenvalue weighted by atomic mass is 16.4. The van der Waals surface area contributed by atoms with E-state index >= 15 is 0 Å². The summed E-state index contributed by atoms with van der Waals surface area (Å²) in [6.07, 6.45) is 21.7. The Balaban J connectivity index is 2.16. The van der Waals surface area contributed by atoms with E-state index in [1.165, 1.54) is 51.4 Å². The van der Waals surface area contributed by atoms with E-state index in [4.69, 9.17) is 10.2 Å². The number of carboxylic acid groups (broad SMARTS) is 2. The predicted octanol–water partition coefficient (Wildman–Crippen LogP) is 8.15. The van der Waals surface area contributed by atoms with E-state index in [0.29, 0.717) is 11.5 Å². The van der Waals surface area contributed by atoms with Gasteiger partial charge in [0.25, 0.3) is 0 Å². The zero-order chi connectivity index (χ0) is 26.4. The summed E-state index contributed by atoms with van der Waals surface area (Å²) in [6, 6.07) is 3.21. The molecule has 0 bridgehead atoms. The summed E-state index contributed by atoms with van der Waals surface area (Å²) in [5.41, 5.74) is 1.82. The quantitative estimate of drug-likeness (QED) is 0.0830. The van der Waals surface area contributed by atoms with Crippen LogP contribution in [0, 0.1) is 0 Å². The molecule has 6 heteroatoms. The minimum Gasteiger partial charge on any atom is -0.508 e. The molecule has 0 spiro atoms. The molecule has 0 heterocycles. The summed E-state index contributed by atoms with van der Waals surface area (Å²) in [4.78, 5) is 21.0. The zero-order valence-electron chi connectivity index (χ0n) is 22.3. The van der Waals surface area contributed by atoms with Crippen LogP contribution >= 0.6 is 0 Å². The van der Waals surface area contributed by atoms with Gasteiger partial charge < -0.3 is 20.4 Å². The molecule has 0 atom stereocenters. The molecule has 0 amide bonds. The summed E-state index contributed by atoms with van der Waals surface area (Å²) >= 11 is 0. The second kappa shape index (κ2) is 20.9. The number of aromatic hydroxyl groups is 2. The number of aliphatic carboxylic acids is 2. The monoisotopic (exact) mass is 506 g/mol. The van der Waals surface area contributed by atoms with Crippen molar-refractivity contribution in [1.82, 2.24) is 0 Å². The predicted molar refractivity (Wildman–Crippen MR) is 145 cm³/mol. The lowest BCUT2D eigenvalue weighted by Crippen LogP contribution is -1.97. The van der Waals surface area contributed by atoms with Gasteiger partial charge in [-0.15, -0.1) is 0 Å². The highest BCUT2D eigenvalue weighted by molar-refractivity contribution is 5.66. The summed E-state index contributed by atoms with van der Waals surface area (Å²) < 4.78 is 0. The van der Waals surface area contributed by atoms with E-state index in [1.807, 2.05) is 0 Å². The molecule has 36 heavy (non-hydrogen) atoms. The second-order valence-corrected chi connectivity index (χ2v) is 10.2. The Labute approximate surface area is 218 Å².